The largest absolute Gasteiger partial charge is 0.462 e. The molecule has 0 aromatic heterocycles. The van der Waals surface area contributed by atoms with Gasteiger partial charge in [-0.1, -0.05) is 205 Å². The van der Waals surface area contributed by atoms with Crippen molar-refractivity contribution in [3.63, 3.8) is 0 Å². The first-order valence-electron chi connectivity index (χ1n) is 23.4. The van der Waals surface area contributed by atoms with Crippen molar-refractivity contribution in [1.82, 2.24) is 0 Å². The van der Waals surface area contributed by atoms with Crippen LogP contribution in [0.3, 0.4) is 0 Å². The molecule has 0 saturated heterocycles. The summed E-state index contributed by atoms with van der Waals surface area (Å²) in [6.07, 6.45) is 68.7. The molecule has 0 rings (SSSR count). The summed E-state index contributed by atoms with van der Waals surface area (Å²) in [5, 5.41) is 0. The van der Waals surface area contributed by atoms with E-state index in [-0.39, 0.29) is 38.4 Å². The van der Waals surface area contributed by atoms with Gasteiger partial charge in [-0.2, -0.15) is 0 Å². The van der Waals surface area contributed by atoms with Crippen molar-refractivity contribution in [1.29, 1.82) is 0 Å². The Morgan fingerprint density at radius 1 is 0.377 bits per heavy atom. The average Bonchev–Trinajstić information content (AvgIpc) is 3.26. The van der Waals surface area contributed by atoms with E-state index in [2.05, 4.69) is 93.7 Å². The minimum absolute atomic E-state index is 0.108. The molecule has 0 aliphatic carbocycles. The van der Waals surface area contributed by atoms with Crippen molar-refractivity contribution in [2.45, 2.75) is 168 Å². The van der Waals surface area contributed by atoms with Crippen LogP contribution in [0.2, 0.25) is 0 Å². The monoisotopic (exact) mass is 839 g/mol. The Bertz CT molecular complexity index is 1430. The van der Waals surface area contributed by atoms with E-state index in [4.69, 9.17) is 14.2 Å². The lowest BCUT2D eigenvalue weighted by atomic mass is 10.1. The summed E-state index contributed by atoms with van der Waals surface area (Å²) in [6.45, 7) is 6.14. The number of carbonyl (C=O) groups is 3. The highest BCUT2D eigenvalue weighted by molar-refractivity contribution is 5.72. The van der Waals surface area contributed by atoms with Crippen LogP contribution >= 0.6 is 0 Å². The smallest absolute Gasteiger partial charge is 0.309 e. The third-order valence-corrected chi connectivity index (χ3v) is 9.00. The van der Waals surface area contributed by atoms with Crippen molar-refractivity contribution in [2.75, 3.05) is 13.2 Å². The summed E-state index contributed by atoms with van der Waals surface area (Å²) < 4.78 is 16.5. The van der Waals surface area contributed by atoms with E-state index >= 15 is 0 Å². The number of ether oxygens (including phenoxy) is 3. The molecule has 338 valence electrons. The van der Waals surface area contributed by atoms with Crippen LogP contribution in [0.1, 0.15) is 162 Å². The Kier molecular flexibility index (Phi) is 44.3. The highest BCUT2D eigenvalue weighted by Crippen LogP contribution is 2.10. The number of hydrogen-bond donors (Lipinski definition) is 0. The third-order valence-electron chi connectivity index (χ3n) is 9.00. The predicted molar refractivity (Wildman–Crippen MR) is 260 cm³/mol. The number of hydrogen-bond acceptors (Lipinski definition) is 6. The molecule has 0 fully saturated rings. The molecule has 61 heavy (non-hydrogen) atoms. The van der Waals surface area contributed by atoms with Gasteiger partial charge in [-0.15, -0.1) is 0 Å². The molecule has 0 bridgehead atoms. The summed E-state index contributed by atoms with van der Waals surface area (Å²) in [4.78, 5) is 37.7. The molecule has 0 spiro atoms. The second-order valence-electron chi connectivity index (χ2n) is 14.7. The van der Waals surface area contributed by atoms with Gasteiger partial charge in [0.25, 0.3) is 0 Å². The Hall–Kier alpha value is -4.71. The quantitative estimate of drug-likeness (QED) is 0.0202. The van der Waals surface area contributed by atoms with Crippen LogP contribution in [0.4, 0.5) is 0 Å². The van der Waals surface area contributed by atoms with Gasteiger partial charge in [0.15, 0.2) is 6.10 Å². The molecule has 1 atom stereocenters. The lowest BCUT2D eigenvalue weighted by Crippen LogP contribution is -2.30. The van der Waals surface area contributed by atoms with Crippen molar-refractivity contribution >= 4 is 17.9 Å². The first-order chi connectivity index (χ1) is 30.0. The summed E-state index contributed by atoms with van der Waals surface area (Å²) in [6, 6.07) is 0. The van der Waals surface area contributed by atoms with E-state index in [9.17, 15) is 14.4 Å². The Balaban J connectivity index is 4.62. The molecule has 0 saturated carbocycles. The van der Waals surface area contributed by atoms with E-state index in [1.165, 1.54) is 44.9 Å². The fourth-order valence-electron chi connectivity index (χ4n) is 5.55. The molecular formula is C55H82O6. The van der Waals surface area contributed by atoms with Crippen LogP contribution in [0.25, 0.3) is 0 Å². The highest BCUT2D eigenvalue weighted by atomic mass is 16.6. The number of esters is 3. The minimum atomic E-state index is -0.863. The van der Waals surface area contributed by atoms with E-state index in [1.54, 1.807) is 6.08 Å². The molecule has 0 aliphatic rings. The number of rotatable bonds is 39. The highest BCUT2D eigenvalue weighted by Gasteiger charge is 2.19. The number of allylic oxidation sites excluding steroid dienone is 23. The third kappa shape index (κ3) is 46.2. The first kappa shape index (κ1) is 56.3. The zero-order chi connectivity index (χ0) is 44.4. The Morgan fingerprint density at radius 3 is 1.39 bits per heavy atom. The summed E-state index contributed by atoms with van der Waals surface area (Å²) in [5.74, 6) is -1.19. The van der Waals surface area contributed by atoms with E-state index in [1.807, 2.05) is 66.8 Å². The van der Waals surface area contributed by atoms with Gasteiger partial charge in [0, 0.05) is 12.8 Å². The zero-order valence-corrected chi connectivity index (χ0v) is 38.4. The summed E-state index contributed by atoms with van der Waals surface area (Å²) >= 11 is 0. The van der Waals surface area contributed by atoms with Crippen LogP contribution < -0.4 is 0 Å². The van der Waals surface area contributed by atoms with Crippen LogP contribution in [-0.2, 0) is 28.6 Å². The van der Waals surface area contributed by atoms with Crippen molar-refractivity contribution in [3.8, 4) is 0 Å². The summed E-state index contributed by atoms with van der Waals surface area (Å²) in [5.41, 5.74) is 0. The Morgan fingerprint density at radius 2 is 0.803 bits per heavy atom. The normalized spacial score (nSPS) is 13.4. The van der Waals surface area contributed by atoms with Crippen molar-refractivity contribution in [3.05, 3.63) is 146 Å². The standard InChI is InChI=1S/C55H82O6/c1-4-7-10-13-16-19-21-23-25-27-29-31-33-36-39-42-45-48-54(57)60-51-52(50-59-53(56)47-44-41-38-35-18-15-12-9-6-3)61-55(58)49-46-43-40-37-34-32-30-28-26-24-22-20-17-14-11-8-5-2/h7,9-10,12-13,16,18-19,21,23-27,29-33,35,37,40-41,44,52H,4-6,8,11,14-15,17,20,22,28,34,36,38-39,42-43,45-51H2,1-3H3/b10-7-,12-9-,16-13-,21-19-,25-23-,26-24-,29-27+,32-30-,33-31-,35-18-,40-37-,44-41-. The summed E-state index contributed by atoms with van der Waals surface area (Å²) in [7, 11) is 0. The molecular weight excluding hydrogens is 757 g/mol. The molecule has 0 amide bonds. The molecule has 0 aliphatic heterocycles. The van der Waals surface area contributed by atoms with Crippen LogP contribution in [0, 0.1) is 0 Å². The molecule has 0 heterocycles. The molecule has 1 unspecified atom stereocenters. The van der Waals surface area contributed by atoms with E-state index < -0.39 is 18.0 Å². The van der Waals surface area contributed by atoms with Gasteiger partial charge in [-0.3, -0.25) is 14.4 Å². The Labute approximate surface area is 372 Å². The van der Waals surface area contributed by atoms with Gasteiger partial charge in [0.2, 0.25) is 0 Å². The zero-order valence-electron chi connectivity index (χ0n) is 38.4. The molecule has 6 nitrogen and oxygen atoms in total. The maximum atomic E-state index is 12.7. The molecule has 6 heteroatoms. The fourth-order valence-corrected chi connectivity index (χ4v) is 5.55. The van der Waals surface area contributed by atoms with Crippen LogP contribution in [0.15, 0.2) is 146 Å². The molecule has 0 aromatic carbocycles. The first-order valence-corrected chi connectivity index (χ1v) is 23.4. The van der Waals surface area contributed by atoms with Gasteiger partial charge in [-0.25, -0.2) is 0 Å². The van der Waals surface area contributed by atoms with Crippen molar-refractivity contribution in [2.24, 2.45) is 0 Å². The van der Waals surface area contributed by atoms with Crippen LogP contribution in [0.5, 0.6) is 0 Å². The van der Waals surface area contributed by atoms with Gasteiger partial charge >= 0.3 is 17.9 Å². The fraction of sp³-hybridized carbons (Fsp3) is 0.509. The maximum absolute atomic E-state index is 12.7. The lowest BCUT2D eigenvalue weighted by molar-refractivity contribution is -0.166. The topological polar surface area (TPSA) is 78.9 Å². The minimum Gasteiger partial charge on any atom is -0.462 e. The van der Waals surface area contributed by atoms with Gasteiger partial charge in [0.05, 0.1) is 6.42 Å². The van der Waals surface area contributed by atoms with Gasteiger partial charge in [-0.05, 0) is 83.5 Å². The second-order valence-corrected chi connectivity index (χ2v) is 14.7. The number of unbranched alkanes of at least 4 members (excludes halogenated alkanes) is 10. The lowest BCUT2D eigenvalue weighted by Gasteiger charge is -2.18. The van der Waals surface area contributed by atoms with E-state index in [0.29, 0.717) is 12.8 Å². The van der Waals surface area contributed by atoms with E-state index in [0.717, 1.165) is 64.2 Å². The van der Waals surface area contributed by atoms with Crippen molar-refractivity contribution < 1.29 is 28.6 Å². The second kappa shape index (κ2) is 48.0. The average molecular weight is 839 g/mol. The molecule has 0 aromatic rings. The molecule has 0 radical (unpaired) electrons. The SMILES string of the molecule is CC\C=C/C=C\C=C/C=C\C=C\C=C/CCCCCC(=O)OCC(COC(=O)C/C=C\C/C=C\C/C=C\CC)OC(=O)CCC/C=C\C/C=C\C/C=C\CCCCCCCC. The molecule has 0 N–H and O–H groups in total. The van der Waals surface area contributed by atoms with Crippen LogP contribution in [-0.4, -0.2) is 37.2 Å². The van der Waals surface area contributed by atoms with Gasteiger partial charge in [0.1, 0.15) is 13.2 Å². The van der Waals surface area contributed by atoms with Gasteiger partial charge < -0.3 is 14.2 Å². The maximum Gasteiger partial charge on any atom is 0.309 e. The predicted octanol–water partition coefficient (Wildman–Crippen LogP) is 15.3. The number of carbonyl (C=O) groups excluding carboxylic acids is 3.